The molecule has 6 heteroatoms. The number of para-hydroxylation sites is 1. The molecular weight excluding hydrogens is 334 g/mol. The van der Waals surface area contributed by atoms with Crippen LogP contribution in [0.4, 0.5) is 0 Å². The summed E-state index contributed by atoms with van der Waals surface area (Å²) in [4.78, 5) is 31.9. The Hall–Kier alpha value is -1.82. The number of hydrogen-bond acceptors (Lipinski definition) is 4. The minimum absolute atomic E-state index is 0.0377. The zero-order valence-corrected chi connectivity index (χ0v) is 15.9. The van der Waals surface area contributed by atoms with Gasteiger partial charge in [0, 0.05) is 19.1 Å². The molecule has 1 amide bonds. The Labute approximate surface area is 152 Å². The van der Waals surface area contributed by atoms with Crippen LogP contribution in [0, 0.1) is 5.92 Å². The highest BCUT2D eigenvalue weighted by Crippen LogP contribution is 2.29. The number of carbonyl (C=O) groups is 1. The van der Waals surface area contributed by atoms with Crippen molar-refractivity contribution in [2.24, 2.45) is 5.92 Å². The van der Waals surface area contributed by atoms with E-state index in [1.807, 2.05) is 30.0 Å². The van der Waals surface area contributed by atoms with E-state index < -0.39 is 0 Å². The van der Waals surface area contributed by atoms with Crippen molar-refractivity contribution in [2.45, 2.75) is 51.4 Å². The number of fused-ring (bicyclic) bond motifs is 1. The molecule has 1 aliphatic rings. The van der Waals surface area contributed by atoms with Gasteiger partial charge in [-0.25, -0.2) is 4.98 Å². The normalized spacial score (nSPS) is 14.2. The quantitative estimate of drug-likeness (QED) is 0.563. The van der Waals surface area contributed by atoms with E-state index in [0.29, 0.717) is 40.3 Å². The first-order valence-corrected chi connectivity index (χ1v) is 9.91. The molecule has 1 aromatic carbocycles. The molecule has 1 aliphatic carbocycles. The maximum absolute atomic E-state index is 12.7. The van der Waals surface area contributed by atoms with E-state index in [9.17, 15) is 9.59 Å². The number of benzene rings is 1. The molecule has 2 aromatic rings. The summed E-state index contributed by atoms with van der Waals surface area (Å²) in [5.74, 6) is 0.932. The average Bonchev–Trinajstić information content (AvgIpc) is 3.42. The van der Waals surface area contributed by atoms with E-state index in [1.54, 1.807) is 10.6 Å². The Kier molecular flexibility index (Phi) is 5.47. The number of carbonyl (C=O) groups excluding carboxylic acids is 1. The molecule has 5 nitrogen and oxygen atoms in total. The molecule has 0 N–H and O–H groups in total. The van der Waals surface area contributed by atoms with Crippen LogP contribution in [0.5, 0.6) is 0 Å². The van der Waals surface area contributed by atoms with Gasteiger partial charge in [-0.15, -0.1) is 0 Å². The van der Waals surface area contributed by atoms with Crippen molar-refractivity contribution in [3.8, 4) is 0 Å². The summed E-state index contributed by atoms with van der Waals surface area (Å²) >= 11 is 1.37. The molecule has 1 saturated carbocycles. The van der Waals surface area contributed by atoms with Crippen LogP contribution in [0.3, 0.4) is 0 Å². The fourth-order valence-electron chi connectivity index (χ4n) is 2.98. The lowest BCUT2D eigenvalue weighted by molar-refractivity contribution is -0.129. The van der Waals surface area contributed by atoms with Gasteiger partial charge in [-0.3, -0.25) is 14.2 Å². The summed E-state index contributed by atoms with van der Waals surface area (Å²) in [7, 11) is 0. The van der Waals surface area contributed by atoms with Gasteiger partial charge >= 0.3 is 0 Å². The maximum Gasteiger partial charge on any atom is 0.262 e. The summed E-state index contributed by atoms with van der Waals surface area (Å²) in [5.41, 5.74) is 0.651. The van der Waals surface area contributed by atoms with Crippen LogP contribution in [0.2, 0.25) is 0 Å². The number of thioether (sulfide) groups is 1. The van der Waals surface area contributed by atoms with Crippen LogP contribution in [0.15, 0.2) is 34.2 Å². The second-order valence-corrected chi connectivity index (χ2v) is 7.86. The smallest absolute Gasteiger partial charge is 0.262 e. The zero-order valence-electron chi connectivity index (χ0n) is 15.1. The van der Waals surface area contributed by atoms with Crippen molar-refractivity contribution in [2.75, 3.05) is 12.3 Å². The number of nitrogens with zero attached hydrogens (tertiary/aromatic N) is 3. The summed E-state index contributed by atoms with van der Waals surface area (Å²) in [5, 5.41) is 1.25. The second-order valence-electron chi connectivity index (χ2n) is 6.92. The van der Waals surface area contributed by atoms with Crippen LogP contribution in [-0.4, -0.2) is 38.7 Å². The molecule has 1 fully saturated rings. The third kappa shape index (κ3) is 4.06. The van der Waals surface area contributed by atoms with Crippen molar-refractivity contribution in [3.05, 3.63) is 34.6 Å². The highest BCUT2D eigenvalue weighted by Gasteiger charge is 2.32. The van der Waals surface area contributed by atoms with E-state index in [1.165, 1.54) is 11.8 Å². The van der Waals surface area contributed by atoms with Gasteiger partial charge in [0.05, 0.1) is 16.7 Å². The highest BCUT2D eigenvalue weighted by atomic mass is 32.2. The first-order chi connectivity index (χ1) is 12.0. The van der Waals surface area contributed by atoms with Gasteiger partial charge in [0.25, 0.3) is 5.56 Å². The predicted octanol–water partition coefficient (Wildman–Crippen LogP) is 3.16. The summed E-state index contributed by atoms with van der Waals surface area (Å²) in [6.07, 6.45) is 2.22. The van der Waals surface area contributed by atoms with Crippen molar-refractivity contribution in [1.29, 1.82) is 0 Å². The molecule has 0 saturated heterocycles. The first-order valence-electron chi connectivity index (χ1n) is 8.93. The lowest BCUT2D eigenvalue weighted by atomic mass is 10.2. The molecule has 25 heavy (non-hydrogen) atoms. The molecule has 3 rings (SSSR count). The average molecular weight is 359 g/mol. The van der Waals surface area contributed by atoms with Gasteiger partial charge in [-0.05, 0) is 37.8 Å². The van der Waals surface area contributed by atoms with E-state index in [2.05, 4.69) is 18.8 Å². The summed E-state index contributed by atoms with van der Waals surface area (Å²) < 4.78 is 1.66. The predicted molar refractivity (Wildman–Crippen MR) is 102 cm³/mol. The second kappa shape index (κ2) is 7.60. The van der Waals surface area contributed by atoms with Crippen LogP contribution in [-0.2, 0) is 11.3 Å². The zero-order chi connectivity index (χ0) is 18.0. The van der Waals surface area contributed by atoms with Gasteiger partial charge in [-0.1, -0.05) is 37.7 Å². The van der Waals surface area contributed by atoms with Gasteiger partial charge in [0.2, 0.25) is 5.91 Å². The van der Waals surface area contributed by atoms with Crippen molar-refractivity contribution < 1.29 is 4.79 Å². The Morgan fingerprint density at radius 2 is 2.08 bits per heavy atom. The number of rotatable bonds is 7. The molecule has 0 unspecified atom stereocenters. The van der Waals surface area contributed by atoms with Crippen molar-refractivity contribution in [3.63, 3.8) is 0 Å². The molecule has 0 bridgehead atoms. The van der Waals surface area contributed by atoms with Crippen LogP contribution >= 0.6 is 11.8 Å². The molecule has 0 atom stereocenters. The molecule has 134 valence electrons. The Bertz CT molecular complexity index is 827. The van der Waals surface area contributed by atoms with Crippen LogP contribution < -0.4 is 5.56 Å². The van der Waals surface area contributed by atoms with Crippen LogP contribution in [0.25, 0.3) is 10.9 Å². The Morgan fingerprint density at radius 1 is 1.36 bits per heavy atom. The van der Waals surface area contributed by atoms with Crippen LogP contribution in [0.1, 0.15) is 33.6 Å². The molecule has 1 heterocycles. The molecule has 1 aromatic heterocycles. The van der Waals surface area contributed by atoms with E-state index >= 15 is 0 Å². The van der Waals surface area contributed by atoms with Gasteiger partial charge in [0.15, 0.2) is 5.16 Å². The SMILES string of the molecule is CCn1c(SCC(=O)N(CC(C)C)C2CC2)nc2ccccc2c1=O. The lowest BCUT2D eigenvalue weighted by Crippen LogP contribution is -2.37. The summed E-state index contributed by atoms with van der Waals surface area (Å²) in [6.45, 7) is 7.55. The fourth-order valence-corrected chi connectivity index (χ4v) is 3.93. The number of aromatic nitrogens is 2. The number of amides is 1. The minimum atomic E-state index is -0.0377. The molecular formula is C19H25N3O2S. The molecule has 0 spiro atoms. The van der Waals surface area contributed by atoms with Crippen molar-refractivity contribution in [1.82, 2.24) is 14.5 Å². The van der Waals surface area contributed by atoms with Gasteiger partial charge < -0.3 is 4.90 Å². The minimum Gasteiger partial charge on any atom is -0.339 e. The molecule has 0 aliphatic heterocycles. The fraction of sp³-hybridized carbons (Fsp3) is 0.526. The van der Waals surface area contributed by atoms with Crippen molar-refractivity contribution >= 4 is 28.6 Å². The van der Waals surface area contributed by atoms with E-state index in [0.717, 1.165) is 19.4 Å². The van der Waals surface area contributed by atoms with E-state index in [-0.39, 0.29) is 11.5 Å². The highest BCUT2D eigenvalue weighted by molar-refractivity contribution is 7.99. The maximum atomic E-state index is 12.7. The standard InChI is InChI=1S/C19H25N3O2S/c1-4-21-18(24)15-7-5-6-8-16(15)20-19(21)25-12-17(23)22(11-13(2)3)14-9-10-14/h5-8,13-14H,4,9-12H2,1-3H3. The van der Waals surface area contributed by atoms with Gasteiger partial charge in [-0.2, -0.15) is 0 Å². The lowest BCUT2D eigenvalue weighted by Gasteiger charge is -2.24. The third-order valence-electron chi connectivity index (χ3n) is 4.34. The largest absolute Gasteiger partial charge is 0.339 e. The third-order valence-corrected chi connectivity index (χ3v) is 5.30. The summed E-state index contributed by atoms with van der Waals surface area (Å²) in [6, 6.07) is 7.78. The first kappa shape index (κ1) is 18.0. The van der Waals surface area contributed by atoms with Gasteiger partial charge in [0.1, 0.15) is 0 Å². The Balaban J connectivity index is 1.80. The number of hydrogen-bond donors (Lipinski definition) is 0. The molecule has 0 radical (unpaired) electrons. The topological polar surface area (TPSA) is 55.2 Å². The van der Waals surface area contributed by atoms with E-state index in [4.69, 9.17) is 0 Å². The monoisotopic (exact) mass is 359 g/mol. The Morgan fingerprint density at radius 3 is 2.72 bits per heavy atom.